The quantitative estimate of drug-likeness (QED) is 0.796. The van der Waals surface area contributed by atoms with Crippen LogP contribution in [0.5, 0.6) is 0 Å². The van der Waals surface area contributed by atoms with Crippen molar-refractivity contribution in [2.45, 2.75) is 13.8 Å². The molecule has 2 heterocycles. The zero-order valence-corrected chi connectivity index (χ0v) is 11.8. The molecule has 1 aromatic carbocycles. The average Bonchev–Trinajstić information content (AvgIpc) is 2.48. The van der Waals surface area contributed by atoms with Crippen LogP contribution in [0.3, 0.4) is 0 Å². The first kappa shape index (κ1) is 12.9. The number of rotatable bonds is 1. The molecule has 1 saturated heterocycles. The summed E-state index contributed by atoms with van der Waals surface area (Å²) in [4.78, 5) is 6.86. The highest BCUT2D eigenvalue weighted by Crippen LogP contribution is 2.25. The molecule has 0 amide bonds. The maximum atomic E-state index is 9.38. The van der Waals surface area contributed by atoms with Crippen LogP contribution >= 0.6 is 0 Å². The van der Waals surface area contributed by atoms with Crippen molar-refractivity contribution >= 4 is 16.7 Å². The van der Waals surface area contributed by atoms with E-state index in [2.05, 4.69) is 36.9 Å². The zero-order valence-electron chi connectivity index (χ0n) is 11.8. The second-order valence-corrected chi connectivity index (χ2v) is 5.20. The van der Waals surface area contributed by atoms with Crippen LogP contribution in [0.1, 0.15) is 16.7 Å². The summed E-state index contributed by atoms with van der Waals surface area (Å²) in [5.41, 5.74) is 4.04. The molecule has 1 fully saturated rings. The molecule has 2 aromatic rings. The molecule has 0 unspecified atom stereocenters. The predicted octanol–water partition coefficient (Wildman–Crippen LogP) is 2.56. The van der Waals surface area contributed by atoms with Crippen molar-refractivity contribution in [2.24, 2.45) is 0 Å². The van der Waals surface area contributed by atoms with Gasteiger partial charge in [0, 0.05) is 18.5 Å². The van der Waals surface area contributed by atoms with E-state index >= 15 is 0 Å². The van der Waals surface area contributed by atoms with E-state index in [0.717, 1.165) is 29.8 Å². The summed E-state index contributed by atoms with van der Waals surface area (Å²) in [6.45, 7) is 7.13. The van der Waals surface area contributed by atoms with E-state index < -0.39 is 0 Å². The van der Waals surface area contributed by atoms with E-state index in [1.807, 2.05) is 6.07 Å². The Bertz CT molecular complexity index is 697. The van der Waals surface area contributed by atoms with E-state index in [9.17, 15) is 5.26 Å². The lowest BCUT2D eigenvalue weighted by Gasteiger charge is -2.28. The lowest BCUT2D eigenvalue weighted by molar-refractivity contribution is 0.122. The van der Waals surface area contributed by atoms with Crippen LogP contribution in [0.2, 0.25) is 0 Å². The molecule has 20 heavy (non-hydrogen) atoms. The number of nitrogens with zero attached hydrogens (tertiary/aromatic N) is 3. The maximum absolute atomic E-state index is 9.38. The summed E-state index contributed by atoms with van der Waals surface area (Å²) < 4.78 is 5.36. The second kappa shape index (κ2) is 5.10. The van der Waals surface area contributed by atoms with Crippen molar-refractivity contribution < 1.29 is 4.74 Å². The highest BCUT2D eigenvalue weighted by atomic mass is 16.5. The van der Waals surface area contributed by atoms with Gasteiger partial charge in [-0.2, -0.15) is 5.26 Å². The molecule has 1 aromatic heterocycles. The SMILES string of the molecule is Cc1cc2cc(C#N)c(N3CCOCC3)nc2cc1C. The zero-order chi connectivity index (χ0) is 14.1. The first-order chi connectivity index (χ1) is 9.69. The standard InChI is InChI=1S/C16H17N3O/c1-11-7-13-9-14(10-17)16(18-15(13)8-12(11)2)19-3-5-20-6-4-19/h7-9H,3-6H2,1-2H3. The number of nitriles is 1. The summed E-state index contributed by atoms with van der Waals surface area (Å²) in [7, 11) is 0. The number of fused-ring (bicyclic) bond motifs is 1. The number of morpholine rings is 1. The Kier molecular flexibility index (Phi) is 3.29. The Morgan fingerprint density at radius 1 is 1.15 bits per heavy atom. The monoisotopic (exact) mass is 267 g/mol. The van der Waals surface area contributed by atoms with Crippen LogP contribution in [0.25, 0.3) is 10.9 Å². The Morgan fingerprint density at radius 3 is 2.55 bits per heavy atom. The number of anilines is 1. The molecule has 1 aliphatic heterocycles. The van der Waals surface area contributed by atoms with Crippen molar-refractivity contribution in [3.8, 4) is 6.07 Å². The van der Waals surface area contributed by atoms with Crippen molar-refractivity contribution in [1.29, 1.82) is 5.26 Å². The molecule has 0 radical (unpaired) electrons. The third-order valence-corrected chi connectivity index (χ3v) is 3.84. The van der Waals surface area contributed by atoms with Gasteiger partial charge >= 0.3 is 0 Å². The van der Waals surface area contributed by atoms with E-state index in [4.69, 9.17) is 9.72 Å². The van der Waals surface area contributed by atoms with Crippen LogP contribution in [-0.2, 0) is 4.74 Å². The van der Waals surface area contributed by atoms with Crippen molar-refractivity contribution in [3.63, 3.8) is 0 Å². The van der Waals surface area contributed by atoms with Crippen LogP contribution in [0, 0.1) is 25.2 Å². The van der Waals surface area contributed by atoms with Gasteiger partial charge in [0.2, 0.25) is 0 Å². The largest absolute Gasteiger partial charge is 0.378 e. The molecular weight excluding hydrogens is 250 g/mol. The summed E-state index contributed by atoms with van der Waals surface area (Å²) in [6, 6.07) is 8.41. The Balaban J connectivity index is 2.15. The molecule has 0 N–H and O–H groups in total. The third kappa shape index (κ3) is 2.21. The van der Waals surface area contributed by atoms with Crippen molar-refractivity contribution in [1.82, 2.24) is 4.98 Å². The number of aryl methyl sites for hydroxylation is 2. The van der Waals surface area contributed by atoms with Gasteiger partial charge in [-0.1, -0.05) is 0 Å². The molecule has 0 atom stereocenters. The van der Waals surface area contributed by atoms with Gasteiger partial charge in [0.05, 0.1) is 24.3 Å². The Labute approximate surface area is 118 Å². The normalized spacial score (nSPS) is 15.3. The lowest BCUT2D eigenvalue weighted by Crippen LogP contribution is -2.37. The van der Waals surface area contributed by atoms with Gasteiger partial charge in [-0.05, 0) is 43.2 Å². The average molecular weight is 267 g/mol. The highest BCUT2D eigenvalue weighted by molar-refractivity contribution is 5.84. The molecular formula is C16H17N3O. The molecule has 1 aliphatic rings. The molecule has 102 valence electrons. The fourth-order valence-electron chi connectivity index (χ4n) is 2.53. The minimum atomic E-state index is 0.641. The molecule has 0 spiro atoms. The molecule has 3 rings (SSSR count). The van der Waals surface area contributed by atoms with Crippen LogP contribution in [-0.4, -0.2) is 31.3 Å². The highest BCUT2D eigenvalue weighted by Gasteiger charge is 2.17. The van der Waals surface area contributed by atoms with E-state index in [-0.39, 0.29) is 0 Å². The fraction of sp³-hybridized carbons (Fsp3) is 0.375. The summed E-state index contributed by atoms with van der Waals surface area (Å²) in [5.74, 6) is 0.784. The van der Waals surface area contributed by atoms with Crippen LogP contribution < -0.4 is 4.90 Å². The molecule has 0 bridgehead atoms. The summed E-state index contributed by atoms with van der Waals surface area (Å²) in [5, 5.41) is 10.4. The second-order valence-electron chi connectivity index (χ2n) is 5.20. The number of hydrogen-bond acceptors (Lipinski definition) is 4. The van der Waals surface area contributed by atoms with Gasteiger partial charge in [0.25, 0.3) is 0 Å². The first-order valence-corrected chi connectivity index (χ1v) is 6.84. The van der Waals surface area contributed by atoms with Gasteiger partial charge in [-0.15, -0.1) is 0 Å². The van der Waals surface area contributed by atoms with E-state index in [1.54, 1.807) is 0 Å². The third-order valence-electron chi connectivity index (χ3n) is 3.84. The number of hydrogen-bond donors (Lipinski definition) is 0. The number of ether oxygens (including phenoxy) is 1. The Hall–Kier alpha value is -2.12. The van der Waals surface area contributed by atoms with E-state index in [1.165, 1.54) is 11.1 Å². The minimum Gasteiger partial charge on any atom is -0.378 e. The molecule has 4 heteroatoms. The predicted molar refractivity (Wildman–Crippen MR) is 79.0 cm³/mol. The maximum Gasteiger partial charge on any atom is 0.147 e. The Morgan fingerprint density at radius 2 is 1.85 bits per heavy atom. The van der Waals surface area contributed by atoms with Crippen LogP contribution in [0.15, 0.2) is 18.2 Å². The first-order valence-electron chi connectivity index (χ1n) is 6.84. The molecule has 0 saturated carbocycles. The van der Waals surface area contributed by atoms with Gasteiger partial charge in [0.15, 0.2) is 0 Å². The van der Waals surface area contributed by atoms with E-state index in [0.29, 0.717) is 18.8 Å². The van der Waals surface area contributed by atoms with Gasteiger partial charge in [0.1, 0.15) is 11.9 Å². The van der Waals surface area contributed by atoms with Crippen LogP contribution in [0.4, 0.5) is 5.82 Å². The molecule has 0 aliphatic carbocycles. The smallest absolute Gasteiger partial charge is 0.147 e. The number of aromatic nitrogens is 1. The van der Waals surface area contributed by atoms with Crippen molar-refractivity contribution in [2.75, 3.05) is 31.2 Å². The number of benzene rings is 1. The summed E-state index contributed by atoms with van der Waals surface area (Å²) in [6.07, 6.45) is 0. The van der Waals surface area contributed by atoms with Crippen molar-refractivity contribution in [3.05, 3.63) is 34.9 Å². The topological polar surface area (TPSA) is 49.2 Å². The molecule has 4 nitrogen and oxygen atoms in total. The summed E-state index contributed by atoms with van der Waals surface area (Å²) >= 11 is 0. The van der Waals surface area contributed by atoms with Gasteiger partial charge in [-0.25, -0.2) is 4.98 Å². The van der Waals surface area contributed by atoms with Gasteiger partial charge in [-0.3, -0.25) is 0 Å². The van der Waals surface area contributed by atoms with Gasteiger partial charge < -0.3 is 9.64 Å². The fourth-order valence-corrected chi connectivity index (χ4v) is 2.53. The lowest BCUT2D eigenvalue weighted by atomic mass is 10.0. The minimum absolute atomic E-state index is 0.641. The number of pyridine rings is 1.